The molecule has 0 aliphatic carbocycles. The molecule has 2 rings (SSSR count). The molecule has 0 saturated carbocycles. The van der Waals surface area contributed by atoms with Gasteiger partial charge in [-0.05, 0) is 18.0 Å². The quantitative estimate of drug-likeness (QED) is 0.777. The van der Waals surface area contributed by atoms with Crippen LogP contribution in [-0.2, 0) is 0 Å². The number of hydrogen-bond acceptors (Lipinski definition) is 6. The highest BCUT2D eigenvalue weighted by Crippen LogP contribution is 2.19. The first-order valence-corrected chi connectivity index (χ1v) is 4.95. The minimum atomic E-state index is -0.327. The lowest BCUT2D eigenvalue weighted by Crippen LogP contribution is -2.23. The normalized spacial score (nSPS) is 20.7. The number of aromatic nitrogens is 3. The zero-order chi connectivity index (χ0) is 10.8. The fraction of sp³-hybridized carbons (Fsp3) is 0.625. The van der Waals surface area contributed by atoms with Gasteiger partial charge in [0.15, 0.2) is 0 Å². The first kappa shape index (κ1) is 10.4. The minimum Gasteiger partial charge on any atom is -0.467 e. The molecule has 2 heterocycles. The average molecular weight is 231 g/mol. The number of ether oxygens (including phenoxy) is 1. The first-order chi connectivity index (χ1) is 7.19. The van der Waals surface area contributed by atoms with Gasteiger partial charge in [0.05, 0.1) is 13.2 Å². The number of nitrogens with zero attached hydrogens (tertiary/aromatic N) is 4. The van der Waals surface area contributed by atoms with E-state index in [-0.39, 0.29) is 17.4 Å². The number of rotatable bonds is 2. The van der Waals surface area contributed by atoms with Gasteiger partial charge in [-0.3, -0.25) is 0 Å². The second kappa shape index (κ2) is 4.16. The van der Waals surface area contributed by atoms with Crippen LogP contribution in [0.25, 0.3) is 0 Å². The van der Waals surface area contributed by atoms with E-state index in [4.69, 9.17) is 16.3 Å². The van der Waals surface area contributed by atoms with Crippen LogP contribution in [-0.4, -0.2) is 46.4 Å². The van der Waals surface area contributed by atoms with E-state index in [1.54, 1.807) is 0 Å². The summed E-state index contributed by atoms with van der Waals surface area (Å²) in [6.45, 7) is 1.23. The molecule has 0 bridgehead atoms. The third-order valence-electron chi connectivity index (χ3n) is 2.20. The molecular weight excluding hydrogens is 220 g/mol. The first-order valence-electron chi connectivity index (χ1n) is 4.57. The predicted octanol–water partition coefficient (Wildman–Crippen LogP) is 0.105. The Bertz CT molecular complexity index is 362. The van der Waals surface area contributed by atoms with Crippen molar-refractivity contribution >= 4 is 17.5 Å². The van der Waals surface area contributed by atoms with Crippen LogP contribution < -0.4 is 9.64 Å². The van der Waals surface area contributed by atoms with Crippen molar-refractivity contribution in [3.8, 4) is 6.01 Å². The van der Waals surface area contributed by atoms with Crippen molar-refractivity contribution in [1.82, 2.24) is 15.0 Å². The zero-order valence-electron chi connectivity index (χ0n) is 8.22. The van der Waals surface area contributed by atoms with Gasteiger partial charge < -0.3 is 14.7 Å². The molecule has 0 aromatic carbocycles. The number of methoxy groups -OCH3 is 1. The van der Waals surface area contributed by atoms with Gasteiger partial charge in [0, 0.05) is 13.1 Å². The summed E-state index contributed by atoms with van der Waals surface area (Å²) in [6.07, 6.45) is 0.387. The third-order valence-corrected chi connectivity index (χ3v) is 2.37. The van der Waals surface area contributed by atoms with Crippen molar-refractivity contribution in [2.75, 3.05) is 25.1 Å². The molecule has 1 aromatic rings. The van der Waals surface area contributed by atoms with Gasteiger partial charge in [-0.25, -0.2) is 0 Å². The van der Waals surface area contributed by atoms with Crippen molar-refractivity contribution < 1.29 is 9.84 Å². The molecule has 0 radical (unpaired) electrons. The van der Waals surface area contributed by atoms with Crippen molar-refractivity contribution in [3.63, 3.8) is 0 Å². The number of aliphatic hydroxyl groups is 1. The average Bonchev–Trinajstić information content (AvgIpc) is 2.64. The molecule has 7 heteroatoms. The Labute approximate surface area is 91.9 Å². The van der Waals surface area contributed by atoms with Gasteiger partial charge in [-0.1, -0.05) is 0 Å². The Morgan fingerprint density at radius 3 is 2.87 bits per heavy atom. The van der Waals surface area contributed by atoms with E-state index in [2.05, 4.69) is 15.0 Å². The molecule has 1 aromatic heterocycles. The molecule has 6 nitrogen and oxygen atoms in total. The lowest BCUT2D eigenvalue weighted by Gasteiger charge is -2.15. The van der Waals surface area contributed by atoms with E-state index in [0.717, 1.165) is 0 Å². The molecule has 0 amide bonds. The molecular formula is C8H11ClN4O2. The number of anilines is 1. The molecule has 82 valence electrons. The van der Waals surface area contributed by atoms with Crippen LogP contribution in [0.5, 0.6) is 6.01 Å². The number of β-amino-alcohol motifs (C(OH)–C–C–N with tert-alkyl or cyclic N) is 1. The monoisotopic (exact) mass is 230 g/mol. The maximum Gasteiger partial charge on any atom is 0.322 e. The SMILES string of the molecule is COc1nc(Cl)nc(N2CC[C@@H](O)C2)n1. The largest absolute Gasteiger partial charge is 0.467 e. The Morgan fingerprint density at radius 2 is 2.27 bits per heavy atom. The van der Waals surface area contributed by atoms with Crippen LogP contribution in [0.4, 0.5) is 5.95 Å². The summed E-state index contributed by atoms with van der Waals surface area (Å²) in [7, 11) is 1.47. The topological polar surface area (TPSA) is 71.4 Å². The van der Waals surface area contributed by atoms with Gasteiger partial charge in [0.25, 0.3) is 0 Å². The molecule has 1 N–H and O–H groups in total. The Kier molecular flexibility index (Phi) is 2.88. The highest BCUT2D eigenvalue weighted by molar-refractivity contribution is 6.28. The van der Waals surface area contributed by atoms with E-state index in [0.29, 0.717) is 25.5 Å². The maximum atomic E-state index is 9.38. The van der Waals surface area contributed by atoms with Crippen LogP contribution in [0, 0.1) is 0 Å². The highest BCUT2D eigenvalue weighted by Gasteiger charge is 2.23. The minimum absolute atomic E-state index is 0.0956. The number of hydrogen-bond donors (Lipinski definition) is 1. The predicted molar refractivity (Wildman–Crippen MR) is 54.2 cm³/mol. The maximum absolute atomic E-state index is 9.38. The number of aliphatic hydroxyl groups excluding tert-OH is 1. The van der Waals surface area contributed by atoms with Crippen molar-refractivity contribution in [1.29, 1.82) is 0 Å². The Balaban J connectivity index is 2.24. The van der Waals surface area contributed by atoms with Crippen LogP contribution in [0.15, 0.2) is 0 Å². The second-order valence-corrected chi connectivity index (χ2v) is 3.62. The summed E-state index contributed by atoms with van der Waals surface area (Å²) < 4.78 is 4.89. The molecule has 0 unspecified atom stereocenters. The fourth-order valence-corrected chi connectivity index (χ4v) is 1.63. The molecule has 15 heavy (non-hydrogen) atoms. The summed E-state index contributed by atoms with van der Waals surface area (Å²) >= 11 is 5.71. The standard InChI is InChI=1S/C8H11ClN4O2/c1-15-8-11-6(9)10-7(12-8)13-3-2-5(14)4-13/h5,14H,2-4H2,1H3/t5-/m1/s1. The van der Waals surface area contributed by atoms with Crippen molar-refractivity contribution in [2.24, 2.45) is 0 Å². The summed E-state index contributed by atoms with van der Waals surface area (Å²) in [6, 6.07) is 0.186. The van der Waals surface area contributed by atoms with E-state index in [1.165, 1.54) is 7.11 Å². The molecule has 1 aliphatic heterocycles. The fourth-order valence-electron chi connectivity index (χ4n) is 1.48. The lowest BCUT2D eigenvalue weighted by molar-refractivity contribution is 0.198. The van der Waals surface area contributed by atoms with E-state index in [9.17, 15) is 5.11 Å². The summed E-state index contributed by atoms with van der Waals surface area (Å²) in [5.41, 5.74) is 0. The molecule has 1 saturated heterocycles. The van der Waals surface area contributed by atoms with Crippen LogP contribution in [0.2, 0.25) is 5.28 Å². The third kappa shape index (κ3) is 2.27. The van der Waals surface area contributed by atoms with Gasteiger partial charge in [-0.15, -0.1) is 0 Å². The lowest BCUT2D eigenvalue weighted by atomic mass is 10.3. The number of halogens is 1. The van der Waals surface area contributed by atoms with Gasteiger partial charge >= 0.3 is 6.01 Å². The highest BCUT2D eigenvalue weighted by atomic mass is 35.5. The summed E-state index contributed by atoms with van der Waals surface area (Å²) in [4.78, 5) is 13.7. The smallest absolute Gasteiger partial charge is 0.322 e. The molecule has 1 fully saturated rings. The molecule has 1 atom stereocenters. The molecule has 0 spiro atoms. The second-order valence-electron chi connectivity index (χ2n) is 3.28. The van der Waals surface area contributed by atoms with Crippen molar-refractivity contribution in [2.45, 2.75) is 12.5 Å². The van der Waals surface area contributed by atoms with E-state index < -0.39 is 0 Å². The summed E-state index contributed by atoms with van der Waals surface area (Å²) in [5.74, 6) is 0.448. The van der Waals surface area contributed by atoms with Gasteiger partial charge in [0.1, 0.15) is 0 Å². The van der Waals surface area contributed by atoms with E-state index >= 15 is 0 Å². The molecule has 1 aliphatic rings. The summed E-state index contributed by atoms with van der Waals surface area (Å²) in [5, 5.41) is 9.48. The van der Waals surface area contributed by atoms with Crippen LogP contribution >= 0.6 is 11.6 Å². The van der Waals surface area contributed by atoms with Gasteiger partial charge in [0.2, 0.25) is 11.2 Å². The van der Waals surface area contributed by atoms with Crippen LogP contribution in [0.3, 0.4) is 0 Å². The van der Waals surface area contributed by atoms with E-state index in [1.807, 2.05) is 4.90 Å². The van der Waals surface area contributed by atoms with Crippen molar-refractivity contribution in [3.05, 3.63) is 5.28 Å². The van der Waals surface area contributed by atoms with Crippen LogP contribution in [0.1, 0.15) is 6.42 Å². The van der Waals surface area contributed by atoms with Gasteiger partial charge in [-0.2, -0.15) is 15.0 Å². The Morgan fingerprint density at radius 1 is 1.47 bits per heavy atom. The zero-order valence-corrected chi connectivity index (χ0v) is 8.98. The Hall–Kier alpha value is -1.14.